The second-order valence-corrected chi connectivity index (χ2v) is 5.09. The zero-order chi connectivity index (χ0) is 12.7. The number of hydrogen-bond acceptors (Lipinski definition) is 3. The molecule has 0 N–H and O–H groups in total. The third-order valence-corrected chi connectivity index (χ3v) is 3.83. The van der Waals surface area contributed by atoms with Crippen molar-refractivity contribution in [3.63, 3.8) is 0 Å². The number of methoxy groups -OCH3 is 1. The molecule has 1 amide bonds. The number of ether oxygens (including phenoxy) is 2. The largest absolute Gasteiger partial charge is 0.382 e. The number of carbonyl (C=O) groups is 1. The van der Waals surface area contributed by atoms with Gasteiger partial charge in [0.15, 0.2) is 0 Å². The van der Waals surface area contributed by atoms with Crippen LogP contribution in [0.1, 0.15) is 33.1 Å². The van der Waals surface area contributed by atoms with E-state index in [-0.39, 0.29) is 12.5 Å². The zero-order valence-electron chi connectivity index (χ0n) is 11.3. The molecule has 0 aliphatic carbocycles. The van der Waals surface area contributed by atoms with Gasteiger partial charge in [0.05, 0.1) is 13.2 Å². The second kappa shape index (κ2) is 6.97. The van der Waals surface area contributed by atoms with Crippen LogP contribution in [-0.2, 0) is 14.3 Å². The molecule has 0 radical (unpaired) electrons. The summed E-state index contributed by atoms with van der Waals surface area (Å²) >= 11 is 0. The van der Waals surface area contributed by atoms with Crippen molar-refractivity contribution in [3.8, 4) is 0 Å². The maximum absolute atomic E-state index is 11.8. The summed E-state index contributed by atoms with van der Waals surface area (Å²) in [5, 5.41) is 0. The summed E-state index contributed by atoms with van der Waals surface area (Å²) in [6.07, 6.45) is 3.40. The van der Waals surface area contributed by atoms with Crippen LogP contribution in [0.3, 0.4) is 0 Å². The SMILES string of the molecule is CCC1(C)CCN(C(=O)COCCOC)CC1. The Bertz CT molecular complexity index is 235. The highest BCUT2D eigenvalue weighted by Crippen LogP contribution is 2.33. The van der Waals surface area contributed by atoms with E-state index in [0.717, 1.165) is 25.9 Å². The minimum Gasteiger partial charge on any atom is -0.382 e. The molecule has 1 saturated heterocycles. The lowest BCUT2D eigenvalue weighted by atomic mass is 9.78. The minimum atomic E-state index is 0.110. The molecule has 0 aromatic rings. The summed E-state index contributed by atoms with van der Waals surface area (Å²) < 4.78 is 10.1. The molecule has 0 atom stereocenters. The van der Waals surface area contributed by atoms with E-state index in [0.29, 0.717) is 18.6 Å². The summed E-state index contributed by atoms with van der Waals surface area (Å²) in [7, 11) is 1.63. The molecule has 1 aliphatic heterocycles. The van der Waals surface area contributed by atoms with Gasteiger partial charge in [-0.1, -0.05) is 20.3 Å². The van der Waals surface area contributed by atoms with E-state index >= 15 is 0 Å². The molecule has 1 heterocycles. The topological polar surface area (TPSA) is 38.8 Å². The fourth-order valence-electron chi connectivity index (χ4n) is 2.04. The number of piperidine rings is 1. The Balaban J connectivity index is 2.22. The number of likely N-dealkylation sites (tertiary alicyclic amines) is 1. The highest BCUT2D eigenvalue weighted by Gasteiger charge is 2.29. The van der Waals surface area contributed by atoms with Crippen molar-refractivity contribution in [2.45, 2.75) is 33.1 Å². The maximum Gasteiger partial charge on any atom is 0.248 e. The fourth-order valence-corrected chi connectivity index (χ4v) is 2.04. The van der Waals surface area contributed by atoms with Crippen molar-refractivity contribution in [1.29, 1.82) is 0 Å². The summed E-state index contributed by atoms with van der Waals surface area (Å²) in [6.45, 7) is 7.50. The quantitative estimate of drug-likeness (QED) is 0.666. The molecule has 0 bridgehead atoms. The highest BCUT2D eigenvalue weighted by atomic mass is 16.5. The van der Waals surface area contributed by atoms with Gasteiger partial charge in [0.2, 0.25) is 5.91 Å². The fraction of sp³-hybridized carbons (Fsp3) is 0.923. The summed E-state index contributed by atoms with van der Waals surface area (Å²) in [4.78, 5) is 13.7. The van der Waals surface area contributed by atoms with Gasteiger partial charge in [-0.05, 0) is 18.3 Å². The third kappa shape index (κ3) is 4.64. The average molecular weight is 243 g/mol. The second-order valence-electron chi connectivity index (χ2n) is 5.09. The van der Waals surface area contributed by atoms with Gasteiger partial charge in [0.25, 0.3) is 0 Å². The summed E-state index contributed by atoms with van der Waals surface area (Å²) in [5.41, 5.74) is 0.424. The van der Waals surface area contributed by atoms with Crippen molar-refractivity contribution in [2.24, 2.45) is 5.41 Å². The predicted molar refractivity (Wildman–Crippen MR) is 66.9 cm³/mol. The molecule has 0 saturated carbocycles. The third-order valence-electron chi connectivity index (χ3n) is 3.83. The first-order chi connectivity index (χ1) is 8.11. The van der Waals surface area contributed by atoms with E-state index in [1.54, 1.807) is 7.11 Å². The molecule has 0 aromatic carbocycles. The number of hydrogen-bond donors (Lipinski definition) is 0. The molecule has 0 spiro atoms. The van der Waals surface area contributed by atoms with E-state index < -0.39 is 0 Å². The Morgan fingerprint density at radius 1 is 1.29 bits per heavy atom. The molecule has 0 aromatic heterocycles. The Labute approximate surface area is 104 Å². The minimum absolute atomic E-state index is 0.110. The maximum atomic E-state index is 11.8. The lowest BCUT2D eigenvalue weighted by Crippen LogP contribution is -2.43. The van der Waals surface area contributed by atoms with Crippen molar-refractivity contribution in [2.75, 3.05) is 40.0 Å². The zero-order valence-corrected chi connectivity index (χ0v) is 11.3. The molecule has 4 heteroatoms. The van der Waals surface area contributed by atoms with E-state index in [1.807, 2.05) is 4.90 Å². The van der Waals surface area contributed by atoms with Crippen LogP contribution in [0, 0.1) is 5.41 Å². The highest BCUT2D eigenvalue weighted by molar-refractivity contribution is 5.77. The van der Waals surface area contributed by atoms with Crippen molar-refractivity contribution in [3.05, 3.63) is 0 Å². The number of amides is 1. The normalized spacial score (nSPS) is 19.4. The van der Waals surface area contributed by atoms with Crippen LogP contribution in [0.5, 0.6) is 0 Å². The van der Waals surface area contributed by atoms with Crippen LogP contribution < -0.4 is 0 Å². The standard InChI is InChI=1S/C13H25NO3/c1-4-13(2)5-7-14(8-6-13)12(15)11-17-10-9-16-3/h4-11H2,1-3H3. The molecule has 17 heavy (non-hydrogen) atoms. The Hall–Kier alpha value is -0.610. The molecule has 1 rings (SSSR count). The first kappa shape index (κ1) is 14.5. The summed E-state index contributed by atoms with van der Waals surface area (Å²) in [6, 6.07) is 0. The Morgan fingerprint density at radius 3 is 2.47 bits per heavy atom. The predicted octanol–water partition coefficient (Wildman–Crippen LogP) is 1.69. The first-order valence-electron chi connectivity index (χ1n) is 6.46. The number of carbonyl (C=O) groups excluding carboxylic acids is 1. The average Bonchev–Trinajstić information content (AvgIpc) is 2.35. The van der Waals surface area contributed by atoms with E-state index in [2.05, 4.69) is 13.8 Å². The molecule has 1 aliphatic rings. The van der Waals surface area contributed by atoms with Gasteiger partial charge in [-0.25, -0.2) is 0 Å². The van der Waals surface area contributed by atoms with Gasteiger partial charge in [-0.3, -0.25) is 4.79 Å². The lowest BCUT2D eigenvalue weighted by Gasteiger charge is -2.38. The van der Waals surface area contributed by atoms with Crippen LogP contribution in [0.25, 0.3) is 0 Å². The van der Waals surface area contributed by atoms with Gasteiger partial charge in [-0.15, -0.1) is 0 Å². The van der Waals surface area contributed by atoms with Crippen LogP contribution >= 0.6 is 0 Å². The molecule has 4 nitrogen and oxygen atoms in total. The monoisotopic (exact) mass is 243 g/mol. The van der Waals surface area contributed by atoms with Gasteiger partial charge in [-0.2, -0.15) is 0 Å². The first-order valence-corrected chi connectivity index (χ1v) is 6.46. The van der Waals surface area contributed by atoms with E-state index in [9.17, 15) is 4.79 Å². The Kier molecular flexibility index (Phi) is 5.92. The van der Waals surface area contributed by atoms with Crippen molar-refractivity contribution in [1.82, 2.24) is 4.90 Å². The van der Waals surface area contributed by atoms with Crippen molar-refractivity contribution < 1.29 is 14.3 Å². The van der Waals surface area contributed by atoms with Crippen LogP contribution in [0.2, 0.25) is 0 Å². The van der Waals surface area contributed by atoms with Crippen LogP contribution in [0.15, 0.2) is 0 Å². The van der Waals surface area contributed by atoms with Gasteiger partial charge in [0, 0.05) is 20.2 Å². The van der Waals surface area contributed by atoms with Gasteiger partial charge < -0.3 is 14.4 Å². The molecule has 1 fully saturated rings. The van der Waals surface area contributed by atoms with Crippen molar-refractivity contribution >= 4 is 5.91 Å². The van der Waals surface area contributed by atoms with Crippen LogP contribution in [-0.4, -0.2) is 50.8 Å². The van der Waals surface area contributed by atoms with E-state index in [1.165, 1.54) is 6.42 Å². The molecule has 100 valence electrons. The lowest BCUT2D eigenvalue weighted by molar-refractivity contribution is -0.138. The summed E-state index contributed by atoms with van der Waals surface area (Å²) in [5.74, 6) is 0.110. The van der Waals surface area contributed by atoms with Gasteiger partial charge in [0.1, 0.15) is 6.61 Å². The molecular formula is C13H25NO3. The van der Waals surface area contributed by atoms with Crippen LogP contribution in [0.4, 0.5) is 0 Å². The van der Waals surface area contributed by atoms with E-state index in [4.69, 9.17) is 9.47 Å². The smallest absolute Gasteiger partial charge is 0.248 e. The van der Waals surface area contributed by atoms with Gasteiger partial charge >= 0.3 is 0 Å². The number of nitrogens with zero attached hydrogens (tertiary/aromatic N) is 1. The molecular weight excluding hydrogens is 218 g/mol. The molecule has 0 unspecified atom stereocenters. The Morgan fingerprint density at radius 2 is 1.94 bits per heavy atom. The number of rotatable bonds is 6.